The number of hydrogen-bond acceptors (Lipinski definition) is 7. The van der Waals surface area contributed by atoms with Gasteiger partial charge in [0.05, 0.1) is 31.7 Å². The molecule has 2 bridgehead atoms. The van der Waals surface area contributed by atoms with Crippen LogP contribution in [-0.2, 0) is 19.7 Å². The van der Waals surface area contributed by atoms with Gasteiger partial charge in [-0.2, -0.15) is 0 Å². The molecule has 1 aromatic rings. The highest BCUT2D eigenvalue weighted by Gasteiger charge is 2.72. The number of oxime groups is 1. The Bertz CT molecular complexity index is 1080. The fraction of sp³-hybridized carbons (Fsp3) is 0.636. The molecule has 0 aromatic heterocycles. The summed E-state index contributed by atoms with van der Waals surface area (Å²) in [5.74, 6) is 1.14. The average Bonchev–Trinajstić information content (AvgIpc) is 3.42. The van der Waals surface area contributed by atoms with Gasteiger partial charge in [0.1, 0.15) is 0 Å². The van der Waals surface area contributed by atoms with Crippen LogP contribution in [0.4, 0.5) is 0 Å². The predicted molar refractivity (Wildman–Crippen MR) is 114 cm³/mol. The van der Waals surface area contributed by atoms with Gasteiger partial charge in [-0.15, -0.1) is 0 Å². The van der Waals surface area contributed by atoms with Gasteiger partial charge in [-0.1, -0.05) is 19.0 Å². The highest BCUT2D eigenvalue weighted by molar-refractivity contribution is 7.90. The van der Waals surface area contributed by atoms with E-state index < -0.39 is 22.0 Å². The Morgan fingerprint density at radius 2 is 1.97 bits per heavy atom. The first kappa shape index (κ1) is 20.6. The van der Waals surface area contributed by atoms with E-state index in [-0.39, 0.29) is 29.0 Å². The third-order valence-electron chi connectivity index (χ3n) is 8.29. The Morgan fingerprint density at radius 3 is 2.65 bits per heavy atom. The molecule has 1 amide bonds. The van der Waals surface area contributed by atoms with Crippen molar-refractivity contribution in [3.63, 3.8) is 0 Å². The smallest absolute Gasteiger partial charge is 0.280 e. The first-order chi connectivity index (χ1) is 14.6. The van der Waals surface area contributed by atoms with Crippen molar-refractivity contribution in [3.8, 4) is 11.5 Å². The number of sulfonamides is 1. The lowest BCUT2D eigenvalue weighted by Crippen LogP contribution is -2.47. The van der Waals surface area contributed by atoms with Crippen LogP contribution in [0, 0.1) is 16.7 Å². The van der Waals surface area contributed by atoms with Gasteiger partial charge in [0.2, 0.25) is 16.1 Å². The van der Waals surface area contributed by atoms with Crippen molar-refractivity contribution in [1.29, 1.82) is 0 Å². The lowest BCUT2D eigenvalue weighted by Gasteiger charge is -2.37. The zero-order valence-corrected chi connectivity index (χ0v) is 19.1. The van der Waals surface area contributed by atoms with Gasteiger partial charge in [0, 0.05) is 17.4 Å². The topological polar surface area (TPSA) is 94.5 Å². The fourth-order valence-corrected chi connectivity index (χ4v) is 8.98. The minimum absolute atomic E-state index is 0.0516. The molecule has 2 aliphatic carbocycles. The predicted octanol–water partition coefficient (Wildman–Crippen LogP) is 2.56. The van der Waals surface area contributed by atoms with Crippen LogP contribution in [0.3, 0.4) is 0 Å². The zero-order valence-electron chi connectivity index (χ0n) is 18.3. The van der Waals surface area contributed by atoms with Gasteiger partial charge >= 0.3 is 0 Å². The van der Waals surface area contributed by atoms with E-state index in [0.29, 0.717) is 23.1 Å². The maximum atomic E-state index is 13.4. The molecule has 1 aromatic carbocycles. The first-order valence-electron chi connectivity index (χ1n) is 10.7. The molecule has 2 saturated carbocycles. The largest absolute Gasteiger partial charge is 0.493 e. The van der Waals surface area contributed by atoms with Crippen LogP contribution in [0.15, 0.2) is 23.4 Å². The summed E-state index contributed by atoms with van der Waals surface area (Å²) in [6.45, 7) is 4.33. The molecule has 0 N–H and O–H groups in total. The van der Waals surface area contributed by atoms with Gasteiger partial charge in [0.25, 0.3) is 5.91 Å². The Hall–Kier alpha value is -2.29. The summed E-state index contributed by atoms with van der Waals surface area (Å²) >= 11 is 0. The number of carbonyl (C=O) groups excluding carboxylic acids is 1. The molecule has 0 unspecified atom stereocenters. The van der Waals surface area contributed by atoms with Crippen molar-refractivity contribution >= 4 is 21.6 Å². The van der Waals surface area contributed by atoms with E-state index in [2.05, 4.69) is 19.0 Å². The summed E-state index contributed by atoms with van der Waals surface area (Å²) in [7, 11) is -0.578. The van der Waals surface area contributed by atoms with Crippen molar-refractivity contribution in [2.24, 2.45) is 21.9 Å². The van der Waals surface area contributed by atoms with Crippen LogP contribution < -0.4 is 9.47 Å². The van der Waals surface area contributed by atoms with E-state index in [4.69, 9.17) is 14.3 Å². The molecule has 3 fully saturated rings. The van der Waals surface area contributed by atoms with Crippen molar-refractivity contribution in [2.45, 2.75) is 51.7 Å². The molecule has 168 valence electrons. The first-order valence-corrected chi connectivity index (χ1v) is 12.3. The standard InChI is InChI=1S/C22H28N2O6S/c1-21(2)14-7-8-22(21)12-31(26,27)24(19(22)10-14)20(25)18-11-15(23-30-18)13-5-6-16(28-3)17(9-13)29-4/h5-6,9,14,18-19H,7-8,10-12H2,1-4H3/t14-,18-,19-,22-/m1/s1. The summed E-state index contributed by atoms with van der Waals surface area (Å²) in [6, 6.07) is 5.08. The maximum absolute atomic E-state index is 13.4. The molecule has 5 rings (SSSR count). The van der Waals surface area contributed by atoms with Crippen LogP contribution in [0.5, 0.6) is 11.5 Å². The van der Waals surface area contributed by atoms with Gasteiger partial charge < -0.3 is 14.3 Å². The highest BCUT2D eigenvalue weighted by Crippen LogP contribution is 2.70. The van der Waals surface area contributed by atoms with E-state index in [0.717, 1.165) is 29.1 Å². The van der Waals surface area contributed by atoms with Crippen molar-refractivity contribution < 1.29 is 27.5 Å². The number of amides is 1. The lowest BCUT2D eigenvalue weighted by molar-refractivity contribution is -0.139. The van der Waals surface area contributed by atoms with Crippen molar-refractivity contribution in [1.82, 2.24) is 4.31 Å². The number of methoxy groups -OCH3 is 2. The van der Waals surface area contributed by atoms with E-state index >= 15 is 0 Å². The Morgan fingerprint density at radius 1 is 1.23 bits per heavy atom. The Balaban J connectivity index is 1.38. The molecule has 9 heteroatoms. The molecular formula is C22H28N2O6S. The van der Waals surface area contributed by atoms with Crippen LogP contribution >= 0.6 is 0 Å². The SMILES string of the molecule is COc1ccc(C2=NO[C@@H](C(=O)N3[C@@H]4C[C@H]5CC[C@]4(CS3(=O)=O)C5(C)C)C2)cc1OC. The number of carbonyl (C=O) groups is 1. The van der Waals surface area contributed by atoms with Gasteiger partial charge in [-0.3, -0.25) is 4.79 Å². The number of nitrogens with zero attached hydrogens (tertiary/aromatic N) is 2. The molecule has 0 radical (unpaired) electrons. The lowest BCUT2D eigenvalue weighted by atomic mass is 9.69. The molecule has 1 saturated heterocycles. The third kappa shape index (κ3) is 2.68. The average molecular weight is 449 g/mol. The number of rotatable bonds is 4. The number of hydrogen-bond donors (Lipinski definition) is 0. The minimum Gasteiger partial charge on any atom is -0.493 e. The van der Waals surface area contributed by atoms with E-state index in [1.165, 1.54) is 0 Å². The summed E-state index contributed by atoms with van der Waals surface area (Å²) in [5, 5.41) is 4.10. The van der Waals surface area contributed by atoms with E-state index in [1.807, 2.05) is 6.07 Å². The Labute approximate surface area is 182 Å². The van der Waals surface area contributed by atoms with Crippen molar-refractivity contribution in [3.05, 3.63) is 23.8 Å². The van der Waals surface area contributed by atoms with E-state index in [1.54, 1.807) is 26.4 Å². The third-order valence-corrected chi connectivity index (χ3v) is 10.2. The molecule has 2 aliphatic heterocycles. The molecule has 4 atom stereocenters. The normalized spacial score (nSPS) is 34.3. The second-order valence-corrected chi connectivity index (χ2v) is 11.5. The van der Waals surface area contributed by atoms with Crippen LogP contribution in [0.2, 0.25) is 0 Å². The molecule has 31 heavy (non-hydrogen) atoms. The number of benzene rings is 1. The van der Waals surface area contributed by atoms with Crippen molar-refractivity contribution in [2.75, 3.05) is 20.0 Å². The van der Waals surface area contributed by atoms with Crippen LogP contribution in [0.25, 0.3) is 0 Å². The monoisotopic (exact) mass is 448 g/mol. The van der Waals surface area contributed by atoms with Gasteiger partial charge in [0.15, 0.2) is 11.5 Å². The second-order valence-electron chi connectivity index (χ2n) is 9.66. The second kappa shape index (κ2) is 6.60. The zero-order chi connectivity index (χ0) is 22.2. The maximum Gasteiger partial charge on any atom is 0.280 e. The quantitative estimate of drug-likeness (QED) is 0.703. The van der Waals surface area contributed by atoms with Gasteiger partial charge in [-0.05, 0) is 48.8 Å². The molecule has 1 spiro atoms. The summed E-state index contributed by atoms with van der Waals surface area (Å²) < 4.78 is 38.0. The molecule has 8 nitrogen and oxygen atoms in total. The molecule has 2 heterocycles. The minimum atomic E-state index is -3.68. The van der Waals surface area contributed by atoms with Gasteiger partial charge in [-0.25, -0.2) is 12.7 Å². The van der Waals surface area contributed by atoms with E-state index in [9.17, 15) is 13.2 Å². The van der Waals surface area contributed by atoms with Crippen LogP contribution in [0.1, 0.15) is 45.1 Å². The molecular weight excluding hydrogens is 420 g/mol. The number of ether oxygens (including phenoxy) is 2. The highest BCUT2D eigenvalue weighted by atomic mass is 32.2. The Kier molecular flexibility index (Phi) is 4.39. The summed E-state index contributed by atoms with van der Waals surface area (Å²) in [5.41, 5.74) is 0.892. The fourth-order valence-electron chi connectivity index (χ4n) is 6.42. The van der Waals surface area contributed by atoms with Crippen LogP contribution in [-0.4, -0.2) is 56.5 Å². The summed E-state index contributed by atoms with van der Waals surface area (Å²) in [4.78, 5) is 18.9. The molecule has 4 aliphatic rings. The summed E-state index contributed by atoms with van der Waals surface area (Å²) in [6.07, 6.45) is 1.92. The number of fused-ring (bicyclic) bond motifs is 1.